The molecule has 0 amide bonds. The van der Waals surface area contributed by atoms with Crippen LogP contribution in [0, 0.1) is 0 Å². The SMILES string of the molecule is C1=CC([SiH2]C2C=Cc3ccccc32)c2ccccc21.[Li]. The van der Waals surface area contributed by atoms with E-state index >= 15 is 0 Å². The van der Waals surface area contributed by atoms with Gasteiger partial charge in [0.25, 0.3) is 0 Å². The van der Waals surface area contributed by atoms with Crippen molar-refractivity contribution in [2.45, 2.75) is 11.1 Å². The zero-order chi connectivity index (χ0) is 12.7. The second-order valence-electron chi connectivity index (χ2n) is 5.42. The molecule has 0 aromatic heterocycles. The molecule has 2 atom stereocenters. The smallest absolute Gasteiger partial charge is 0.0468 e. The Kier molecular flexibility index (Phi) is 3.85. The summed E-state index contributed by atoms with van der Waals surface area (Å²) in [4.78, 5) is 0. The molecule has 2 aliphatic rings. The molecular formula is C18H16LiSi. The van der Waals surface area contributed by atoms with Crippen LogP contribution >= 0.6 is 0 Å². The first-order chi connectivity index (χ1) is 9.42. The van der Waals surface area contributed by atoms with Crippen LogP contribution in [0.2, 0.25) is 0 Å². The van der Waals surface area contributed by atoms with Crippen molar-refractivity contribution in [1.82, 2.24) is 0 Å². The second kappa shape index (κ2) is 5.62. The van der Waals surface area contributed by atoms with E-state index in [2.05, 4.69) is 72.8 Å². The van der Waals surface area contributed by atoms with Gasteiger partial charge in [-0.15, -0.1) is 0 Å². The minimum Gasteiger partial charge on any atom is -0.0797 e. The fraction of sp³-hybridized carbons (Fsp3) is 0.111. The summed E-state index contributed by atoms with van der Waals surface area (Å²) in [6.45, 7) is 0. The van der Waals surface area contributed by atoms with E-state index in [4.69, 9.17) is 0 Å². The van der Waals surface area contributed by atoms with Gasteiger partial charge in [0.2, 0.25) is 0 Å². The summed E-state index contributed by atoms with van der Waals surface area (Å²) in [6, 6.07) is 17.7. The van der Waals surface area contributed by atoms with E-state index in [1.165, 1.54) is 11.1 Å². The second-order valence-corrected chi connectivity index (χ2v) is 7.66. The molecule has 20 heavy (non-hydrogen) atoms. The number of hydrogen-bond donors (Lipinski definition) is 0. The Morgan fingerprint density at radius 2 is 1.10 bits per heavy atom. The number of rotatable bonds is 2. The van der Waals surface area contributed by atoms with Gasteiger partial charge in [0.1, 0.15) is 0 Å². The Morgan fingerprint density at radius 1 is 0.650 bits per heavy atom. The third-order valence-electron chi connectivity index (χ3n) is 4.32. The van der Waals surface area contributed by atoms with Gasteiger partial charge in [-0.3, -0.25) is 0 Å². The van der Waals surface area contributed by atoms with Crippen molar-refractivity contribution in [3.05, 3.63) is 82.9 Å². The molecule has 2 aliphatic carbocycles. The van der Waals surface area contributed by atoms with Crippen molar-refractivity contribution < 1.29 is 0 Å². The molecule has 0 heterocycles. The maximum Gasteiger partial charge on any atom is 0.0468 e. The van der Waals surface area contributed by atoms with Gasteiger partial charge in [0.15, 0.2) is 0 Å². The maximum atomic E-state index is 2.42. The minimum absolute atomic E-state index is 0. The minimum atomic E-state index is -0.227. The Balaban J connectivity index is 0.00000121. The van der Waals surface area contributed by atoms with Gasteiger partial charge in [-0.2, -0.15) is 0 Å². The maximum absolute atomic E-state index is 2.42. The fourth-order valence-electron chi connectivity index (χ4n) is 3.33. The van der Waals surface area contributed by atoms with E-state index in [-0.39, 0.29) is 28.4 Å². The van der Waals surface area contributed by atoms with Crippen molar-refractivity contribution >= 4 is 40.5 Å². The third kappa shape index (κ3) is 2.27. The Hall–Kier alpha value is -1.27. The fourth-order valence-corrected chi connectivity index (χ4v) is 5.72. The predicted octanol–water partition coefficient (Wildman–Crippen LogP) is 3.31. The molecule has 0 saturated heterocycles. The monoisotopic (exact) mass is 267 g/mol. The summed E-state index contributed by atoms with van der Waals surface area (Å²) in [5.41, 5.74) is 7.36. The first kappa shape index (κ1) is 13.7. The van der Waals surface area contributed by atoms with Crippen molar-refractivity contribution in [3.8, 4) is 0 Å². The normalized spacial score (nSPS) is 22.0. The molecule has 2 unspecified atom stereocenters. The zero-order valence-corrected chi connectivity index (χ0v) is 13.2. The van der Waals surface area contributed by atoms with Crippen LogP contribution in [0.4, 0.5) is 0 Å². The van der Waals surface area contributed by atoms with E-state index in [0.717, 1.165) is 0 Å². The van der Waals surface area contributed by atoms with Crippen LogP contribution < -0.4 is 0 Å². The van der Waals surface area contributed by atoms with Crippen LogP contribution in [0.1, 0.15) is 33.3 Å². The van der Waals surface area contributed by atoms with Crippen molar-refractivity contribution in [3.63, 3.8) is 0 Å². The Labute approximate surface area is 134 Å². The molecule has 4 rings (SSSR count). The van der Waals surface area contributed by atoms with Crippen LogP contribution in [0.5, 0.6) is 0 Å². The molecule has 0 N–H and O–H groups in total. The zero-order valence-electron chi connectivity index (χ0n) is 11.8. The molecule has 2 aromatic rings. The summed E-state index contributed by atoms with van der Waals surface area (Å²) in [5.74, 6) is 0. The molecule has 0 spiro atoms. The summed E-state index contributed by atoms with van der Waals surface area (Å²) < 4.78 is 0. The third-order valence-corrected chi connectivity index (χ3v) is 6.75. The van der Waals surface area contributed by atoms with E-state index < -0.39 is 0 Å². The predicted molar refractivity (Wildman–Crippen MR) is 90.7 cm³/mol. The molecule has 0 fully saturated rings. The average molecular weight is 267 g/mol. The molecule has 0 aliphatic heterocycles. The Morgan fingerprint density at radius 3 is 1.60 bits per heavy atom. The van der Waals surface area contributed by atoms with Gasteiger partial charge >= 0.3 is 0 Å². The van der Waals surface area contributed by atoms with E-state index in [9.17, 15) is 0 Å². The molecular weight excluding hydrogens is 251 g/mol. The van der Waals surface area contributed by atoms with E-state index in [1.54, 1.807) is 11.1 Å². The largest absolute Gasteiger partial charge is 0.0797 e. The van der Waals surface area contributed by atoms with E-state index in [0.29, 0.717) is 11.1 Å². The van der Waals surface area contributed by atoms with Crippen molar-refractivity contribution in [2.24, 2.45) is 0 Å². The summed E-state index contributed by atoms with van der Waals surface area (Å²) >= 11 is 0. The van der Waals surface area contributed by atoms with Crippen LogP contribution in [0.3, 0.4) is 0 Å². The molecule has 2 heteroatoms. The van der Waals surface area contributed by atoms with Gasteiger partial charge in [0, 0.05) is 28.4 Å². The average Bonchev–Trinajstić information content (AvgIpc) is 3.05. The van der Waals surface area contributed by atoms with Gasteiger partial charge < -0.3 is 0 Å². The van der Waals surface area contributed by atoms with Crippen LogP contribution in [-0.4, -0.2) is 28.4 Å². The number of allylic oxidation sites excluding steroid dienone is 2. The van der Waals surface area contributed by atoms with Crippen LogP contribution in [0.25, 0.3) is 12.2 Å². The van der Waals surface area contributed by atoms with Gasteiger partial charge in [-0.25, -0.2) is 0 Å². The standard InChI is InChI=1S/C18H16Si.Li/c1-3-7-15-13(5-1)9-11-17(15)19-18-12-10-14-6-2-4-8-16(14)18;/h1-12,17-18H,19H2;. The summed E-state index contributed by atoms with van der Waals surface area (Å²) in [7, 11) is -0.227. The van der Waals surface area contributed by atoms with E-state index in [1.807, 2.05) is 0 Å². The topological polar surface area (TPSA) is 0 Å². The number of fused-ring (bicyclic) bond motifs is 2. The van der Waals surface area contributed by atoms with Gasteiger partial charge in [-0.1, -0.05) is 72.8 Å². The quantitative estimate of drug-likeness (QED) is 0.732. The molecule has 0 saturated carbocycles. The van der Waals surface area contributed by atoms with Gasteiger partial charge in [-0.05, 0) is 33.3 Å². The first-order valence-corrected chi connectivity index (χ1v) is 8.59. The van der Waals surface area contributed by atoms with Crippen molar-refractivity contribution in [2.75, 3.05) is 0 Å². The van der Waals surface area contributed by atoms with Crippen LogP contribution in [0.15, 0.2) is 60.7 Å². The number of benzene rings is 2. The molecule has 1 radical (unpaired) electrons. The van der Waals surface area contributed by atoms with Crippen LogP contribution in [-0.2, 0) is 0 Å². The summed E-state index contributed by atoms with van der Waals surface area (Å²) in [6.07, 6.45) is 9.45. The molecule has 2 aromatic carbocycles. The molecule has 93 valence electrons. The van der Waals surface area contributed by atoms with Crippen molar-refractivity contribution in [1.29, 1.82) is 0 Å². The summed E-state index contributed by atoms with van der Waals surface area (Å²) in [5, 5.41) is 0. The van der Waals surface area contributed by atoms with Gasteiger partial charge in [0.05, 0.1) is 0 Å². The molecule has 0 bridgehead atoms. The first-order valence-electron chi connectivity index (χ1n) is 6.96. The molecule has 0 nitrogen and oxygen atoms in total. The number of hydrogen-bond acceptors (Lipinski definition) is 0. The Bertz CT molecular complexity index is 628.